The van der Waals surface area contributed by atoms with Crippen LogP contribution in [0.15, 0.2) is 23.0 Å². The van der Waals surface area contributed by atoms with Crippen molar-refractivity contribution in [3.05, 3.63) is 39.1 Å². The maximum absolute atomic E-state index is 12.0. The summed E-state index contributed by atoms with van der Waals surface area (Å²) in [6, 6.07) is 5.03. The van der Waals surface area contributed by atoms with E-state index in [1.54, 1.807) is 18.2 Å². The van der Waals surface area contributed by atoms with Crippen molar-refractivity contribution in [3.63, 3.8) is 0 Å². The molecule has 0 aliphatic rings. The first-order valence-electron chi connectivity index (χ1n) is 6.44. The Labute approximate surface area is 132 Å². The molecule has 2 aromatic rings. The van der Waals surface area contributed by atoms with E-state index in [9.17, 15) is 13.2 Å². The number of methoxy groups -OCH3 is 1. The maximum atomic E-state index is 12.0. The Balaban J connectivity index is 2.29. The summed E-state index contributed by atoms with van der Waals surface area (Å²) < 4.78 is 32.1. The van der Waals surface area contributed by atoms with Crippen LogP contribution in [0.1, 0.15) is 5.56 Å². The molecule has 9 heteroatoms. The molecule has 0 fully saturated rings. The van der Waals surface area contributed by atoms with Crippen molar-refractivity contribution in [2.45, 2.75) is 6.42 Å². The van der Waals surface area contributed by atoms with E-state index >= 15 is 0 Å². The second-order valence-corrected chi connectivity index (χ2v) is 6.66. The zero-order chi connectivity index (χ0) is 16.3. The van der Waals surface area contributed by atoms with Crippen LogP contribution in [0.4, 0.5) is 0 Å². The summed E-state index contributed by atoms with van der Waals surface area (Å²) in [7, 11) is -0.698. The Morgan fingerprint density at radius 3 is 2.68 bits per heavy atom. The van der Waals surface area contributed by atoms with Crippen LogP contribution in [0.25, 0.3) is 10.9 Å². The summed E-state index contributed by atoms with van der Waals surface area (Å²) in [5.74, 6) is 0.503. The third-order valence-corrected chi connectivity index (χ3v) is 4.57. The van der Waals surface area contributed by atoms with E-state index in [0.717, 1.165) is 5.39 Å². The average Bonchev–Trinajstić information content (AvgIpc) is 2.47. The van der Waals surface area contributed by atoms with Gasteiger partial charge in [0.1, 0.15) is 5.75 Å². The van der Waals surface area contributed by atoms with Gasteiger partial charge in [-0.15, -0.1) is 0 Å². The molecular weight excluding hydrogens is 330 g/mol. The van der Waals surface area contributed by atoms with Crippen molar-refractivity contribution < 1.29 is 13.2 Å². The van der Waals surface area contributed by atoms with Gasteiger partial charge in [0.15, 0.2) is 0 Å². The Hall–Kier alpha value is -1.61. The number of aromatic amines is 1. The Morgan fingerprint density at radius 1 is 1.32 bits per heavy atom. The highest BCUT2D eigenvalue weighted by Gasteiger charge is 2.09. The largest absolute Gasteiger partial charge is 0.495 e. The van der Waals surface area contributed by atoms with Crippen LogP contribution < -0.4 is 19.7 Å². The van der Waals surface area contributed by atoms with E-state index in [-0.39, 0.29) is 18.5 Å². The van der Waals surface area contributed by atoms with Crippen molar-refractivity contribution in [2.24, 2.45) is 0 Å². The molecule has 7 nitrogen and oxygen atoms in total. The van der Waals surface area contributed by atoms with Gasteiger partial charge >= 0.3 is 0 Å². The number of hydrogen-bond donors (Lipinski definition) is 3. The minimum atomic E-state index is -3.51. The second kappa shape index (κ2) is 6.66. The van der Waals surface area contributed by atoms with Crippen molar-refractivity contribution in [2.75, 3.05) is 20.7 Å². The molecule has 1 aromatic carbocycles. The predicted octanol–water partition coefficient (Wildman–Crippen LogP) is 0.786. The number of benzene rings is 1. The van der Waals surface area contributed by atoms with Gasteiger partial charge in [0.05, 0.1) is 17.6 Å². The summed E-state index contributed by atoms with van der Waals surface area (Å²) >= 11 is 6.01. The van der Waals surface area contributed by atoms with Gasteiger partial charge in [0.25, 0.3) is 15.8 Å². The first-order valence-corrected chi connectivity index (χ1v) is 8.30. The highest BCUT2D eigenvalue weighted by molar-refractivity contribution is 7.87. The monoisotopic (exact) mass is 345 g/mol. The Morgan fingerprint density at radius 2 is 2.05 bits per heavy atom. The lowest BCUT2D eigenvalue weighted by atomic mass is 10.1. The van der Waals surface area contributed by atoms with Crippen LogP contribution in [0, 0.1) is 0 Å². The van der Waals surface area contributed by atoms with Gasteiger partial charge in [-0.1, -0.05) is 11.6 Å². The maximum Gasteiger partial charge on any atom is 0.276 e. The van der Waals surface area contributed by atoms with E-state index in [4.69, 9.17) is 16.3 Å². The smallest absolute Gasteiger partial charge is 0.276 e. The molecular formula is C13H16ClN3O4S. The van der Waals surface area contributed by atoms with Gasteiger partial charge in [0.2, 0.25) is 0 Å². The number of hydrogen-bond acceptors (Lipinski definition) is 4. The minimum Gasteiger partial charge on any atom is -0.495 e. The molecule has 1 heterocycles. The summed E-state index contributed by atoms with van der Waals surface area (Å²) in [4.78, 5) is 14.7. The van der Waals surface area contributed by atoms with Gasteiger partial charge in [-0.2, -0.15) is 8.42 Å². The van der Waals surface area contributed by atoms with Crippen LogP contribution in [-0.4, -0.2) is 34.1 Å². The van der Waals surface area contributed by atoms with Crippen molar-refractivity contribution in [1.29, 1.82) is 0 Å². The number of fused-ring (bicyclic) bond motifs is 1. The van der Waals surface area contributed by atoms with Crippen molar-refractivity contribution in [1.82, 2.24) is 14.4 Å². The van der Waals surface area contributed by atoms with E-state index in [1.165, 1.54) is 14.2 Å². The standard InChI is InChI=1S/C13H16ClN3O4S/c1-15-22(19,20)16-4-3-8-5-9-6-12(21-2)10(14)7-11(9)17-13(8)18/h5-7,15-16H,3-4H2,1-2H3,(H,17,18). The van der Waals surface area contributed by atoms with Crippen LogP contribution >= 0.6 is 11.6 Å². The summed E-state index contributed by atoms with van der Waals surface area (Å²) in [5.41, 5.74) is 0.781. The lowest BCUT2D eigenvalue weighted by molar-refractivity contribution is 0.415. The van der Waals surface area contributed by atoms with Crippen LogP contribution in [-0.2, 0) is 16.6 Å². The number of H-pyrrole nitrogens is 1. The third-order valence-electron chi connectivity index (χ3n) is 3.15. The van der Waals surface area contributed by atoms with Crippen LogP contribution in [0.2, 0.25) is 5.02 Å². The minimum absolute atomic E-state index is 0.114. The highest BCUT2D eigenvalue weighted by Crippen LogP contribution is 2.28. The number of halogens is 1. The normalized spacial score (nSPS) is 11.8. The molecule has 0 atom stereocenters. The quantitative estimate of drug-likeness (QED) is 0.720. The van der Waals surface area contributed by atoms with E-state index in [2.05, 4.69) is 14.4 Å². The fraction of sp³-hybridized carbons (Fsp3) is 0.308. The lowest BCUT2D eigenvalue weighted by Gasteiger charge is -2.08. The topological polar surface area (TPSA) is 100 Å². The molecule has 0 amide bonds. The number of rotatable bonds is 6. The molecule has 3 N–H and O–H groups in total. The van der Waals surface area contributed by atoms with E-state index in [1.807, 2.05) is 0 Å². The fourth-order valence-corrected chi connectivity index (χ4v) is 2.74. The van der Waals surface area contributed by atoms with Gasteiger partial charge in [-0.3, -0.25) is 4.79 Å². The van der Waals surface area contributed by atoms with Gasteiger partial charge in [-0.05, 0) is 24.6 Å². The van der Waals surface area contributed by atoms with E-state index in [0.29, 0.717) is 21.9 Å². The van der Waals surface area contributed by atoms with Crippen LogP contribution in [0.5, 0.6) is 5.75 Å². The lowest BCUT2D eigenvalue weighted by Crippen LogP contribution is -2.35. The second-order valence-electron chi connectivity index (χ2n) is 4.55. The third kappa shape index (κ3) is 3.77. The SMILES string of the molecule is CNS(=O)(=O)NCCc1cc2cc(OC)c(Cl)cc2[nH]c1=O. The highest BCUT2D eigenvalue weighted by atomic mass is 35.5. The molecule has 1 aromatic heterocycles. The molecule has 0 unspecified atom stereocenters. The predicted molar refractivity (Wildman–Crippen MR) is 85.8 cm³/mol. The molecule has 0 radical (unpaired) electrons. The number of aromatic nitrogens is 1. The van der Waals surface area contributed by atoms with Crippen molar-refractivity contribution in [3.8, 4) is 5.75 Å². The van der Waals surface area contributed by atoms with Gasteiger partial charge < -0.3 is 9.72 Å². The molecule has 0 bridgehead atoms. The zero-order valence-electron chi connectivity index (χ0n) is 12.1. The Kier molecular flexibility index (Phi) is 5.07. The van der Waals surface area contributed by atoms with E-state index < -0.39 is 10.2 Å². The molecule has 0 aliphatic carbocycles. The van der Waals surface area contributed by atoms with Gasteiger partial charge in [-0.25, -0.2) is 9.44 Å². The zero-order valence-corrected chi connectivity index (χ0v) is 13.6. The molecule has 0 spiro atoms. The average molecular weight is 346 g/mol. The van der Waals surface area contributed by atoms with Crippen molar-refractivity contribution >= 4 is 32.7 Å². The molecule has 22 heavy (non-hydrogen) atoms. The first-order chi connectivity index (χ1) is 10.4. The summed E-state index contributed by atoms with van der Waals surface area (Å²) in [6.45, 7) is 0.114. The summed E-state index contributed by atoms with van der Waals surface area (Å²) in [5, 5.41) is 1.16. The van der Waals surface area contributed by atoms with Crippen LogP contribution in [0.3, 0.4) is 0 Å². The summed E-state index contributed by atoms with van der Waals surface area (Å²) in [6.07, 6.45) is 0.261. The molecule has 2 rings (SSSR count). The number of ether oxygens (including phenoxy) is 1. The Bertz CT molecular complexity index is 848. The molecule has 0 aliphatic heterocycles. The fourth-order valence-electron chi connectivity index (χ4n) is 1.99. The van der Waals surface area contributed by atoms with Gasteiger partial charge in [0, 0.05) is 24.5 Å². The molecule has 0 saturated heterocycles. The molecule has 0 saturated carbocycles. The number of nitrogens with one attached hydrogen (secondary N) is 3. The first kappa shape index (κ1) is 16.8. The molecule has 120 valence electrons. The number of pyridine rings is 1.